The van der Waals surface area contributed by atoms with Crippen LogP contribution in [-0.4, -0.2) is 306 Å². The number of carbonyl (C=O) groups excluding carboxylic acids is 4. The molecule has 0 aliphatic carbocycles. The number of nitrogens with zero attached hydrogens (tertiary/aromatic N) is 27. The maximum atomic E-state index is 14.1. The maximum Gasteiger partial charge on any atom is 0.231 e. The fourth-order valence-corrected chi connectivity index (χ4v) is 17.8. The quantitative estimate of drug-likeness (QED) is 0.0453. The van der Waals surface area contributed by atoms with Crippen molar-refractivity contribution in [1.82, 2.24) is 114 Å². The first kappa shape index (κ1) is 88.0. The Balaban J connectivity index is 0.000000121. The van der Waals surface area contributed by atoms with Crippen molar-refractivity contribution in [3.63, 3.8) is 0 Å². The number of aromatic nitrogens is 17. The van der Waals surface area contributed by atoms with Crippen LogP contribution in [0.2, 0.25) is 0 Å². The number of allylic oxidation sites excluding steroid dienone is 4. The highest BCUT2D eigenvalue weighted by Crippen LogP contribution is 2.35. The summed E-state index contributed by atoms with van der Waals surface area (Å²) in [5.74, 6) is 5.37. The van der Waals surface area contributed by atoms with E-state index >= 15 is 0 Å². The summed E-state index contributed by atoms with van der Waals surface area (Å²) in [6.45, 7) is 32.9. The fraction of sp³-hybridized carbons (Fsp3) is 0.489. The minimum absolute atomic E-state index is 0. The van der Waals surface area contributed by atoms with E-state index in [0.717, 1.165) is 142 Å². The number of likely N-dealkylation sites (N-methyl/N-ethyl adjacent to an activating group) is 1. The van der Waals surface area contributed by atoms with E-state index in [1.165, 1.54) is 25.9 Å². The van der Waals surface area contributed by atoms with Crippen LogP contribution in [0.5, 0.6) is 0 Å². The van der Waals surface area contributed by atoms with Crippen LogP contribution >= 0.6 is 0 Å². The number of likely N-dealkylation sites (tertiary alicyclic amines) is 1. The van der Waals surface area contributed by atoms with Gasteiger partial charge in [-0.3, -0.25) is 19.2 Å². The van der Waals surface area contributed by atoms with Crippen molar-refractivity contribution in [2.24, 2.45) is 0 Å². The molecule has 12 fully saturated rings. The lowest BCUT2D eigenvalue weighted by Crippen LogP contribution is -2.47. The third kappa shape index (κ3) is 20.0. The van der Waals surface area contributed by atoms with Gasteiger partial charge in [-0.05, 0) is 150 Å². The predicted molar refractivity (Wildman–Crippen MR) is 486 cm³/mol. The molecular formula is C88H110F4N32O5. The van der Waals surface area contributed by atoms with Gasteiger partial charge in [0.2, 0.25) is 71.2 Å². The molecule has 9 aromatic heterocycles. The summed E-state index contributed by atoms with van der Waals surface area (Å²) in [4.78, 5) is 111. The van der Waals surface area contributed by atoms with E-state index in [1.54, 1.807) is 49.0 Å². The molecular weight excluding hydrogens is 1660 g/mol. The molecule has 0 saturated carbocycles. The monoisotopic (exact) mass is 1770 g/mol. The lowest BCUT2D eigenvalue weighted by atomic mass is 10.1. The van der Waals surface area contributed by atoms with Crippen LogP contribution in [0.4, 0.5) is 71.0 Å². The number of fused-ring (bicyclic) bond motifs is 4. The average Bonchev–Trinajstić information content (AvgIpc) is 1.65. The third-order valence-electron chi connectivity index (χ3n) is 24.7. The molecule has 21 heterocycles. The van der Waals surface area contributed by atoms with E-state index in [-0.39, 0.29) is 63.3 Å². The number of nitrogens with one attached hydrogen (secondary N) is 5. The van der Waals surface area contributed by atoms with Gasteiger partial charge in [0.25, 0.3) is 0 Å². The molecule has 37 nitrogen and oxygen atoms in total. The van der Waals surface area contributed by atoms with Crippen LogP contribution in [0, 0.1) is 0 Å². The van der Waals surface area contributed by atoms with Crippen molar-refractivity contribution in [3.8, 4) is 0 Å². The van der Waals surface area contributed by atoms with Gasteiger partial charge in [0.1, 0.15) is 30.5 Å². The van der Waals surface area contributed by atoms with Crippen LogP contribution < -0.4 is 65.8 Å². The Hall–Kier alpha value is -13.1. The number of pyridine rings is 1. The van der Waals surface area contributed by atoms with Gasteiger partial charge in [-0.2, -0.15) is 78.3 Å². The minimum Gasteiger partial charge on any atom is -0.380 e. The van der Waals surface area contributed by atoms with Crippen molar-refractivity contribution in [1.29, 1.82) is 0 Å². The number of amides is 4. The van der Waals surface area contributed by atoms with E-state index in [4.69, 9.17) is 39.6 Å². The topological polar surface area (TPSA) is 355 Å². The van der Waals surface area contributed by atoms with E-state index in [2.05, 4.69) is 120 Å². The molecule has 5 N–H and O–H groups in total. The number of hydrogen-bond acceptors (Lipinski definition) is 29. The van der Waals surface area contributed by atoms with Crippen molar-refractivity contribution in [2.75, 3.05) is 209 Å². The molecule has 4 amide bonds. The Morgan fingerprint density at radius 3 is 1.19 bits per heavy atom. The molecule has 0 bridgehead atoms. The first-order valence-corrected chi connectivity index (χ1v) is 44.2. The van der Waals surface area contributed by atoms with Gasteiger partial charge < -0.3 is 80.3 Å². The molecule has 12 saturated heterocycles. The standard InChI is InChI=1S/C24H26FN9O.C22H29FN8O.C21H27FN8O.C20H24FN7O2.CH4/c1-16-17(13-21(35)28-16)12-18-14-27-34-22(18)29-23(30-24(34)33-7-5-19(25)15-33)32-10-8-31(9-11-32)20-4-2-3-6-26-20;1-15-16(12-19(32)26-15)11-17-13-25-31-20(17)27-21(24-6-4-9-29-7-2-3-8-29)28-22(31)30-10-5-18(23)14-30;1-14-15(11-18(31)24-14)10-16-12-23-30-19(16)25-20(28-6-3-5-27(2)8-9-28)26-21(30)29-7-4-17(22)13-29;1-13-14(10-17(29)23-13)9-15-11-22-28-18(15)24-19(26-4-2-7-30-8-6-26)25-20(28)27-5-3-16(21)12-27;/h2-4,6,12,14,19H,1,5,7-11,13,15H2,(H,28,35);11,13,18H,1-10,12,14H2,(H,24,27)(H,26,32);10,12,17H,1,3-9,11,13H2,2H3,(H,24,31);9,11,16H,1-8,10,12H2,(H,23,29);1H4/b17-12+;16-11+;15-10+;14-9+;/t19-;18-;17-;16-;/m1111./s1. The fourth-order valence-electron chi connectivity index (χ4n) is 17.8. The zero-order chi connectivity index (χ0) is 88.2. The molecule has 41 heteroatoms. The van der Waals surface area contributed by atoms with Crippen LogP contribution in [0.3, 0.4) is 0 Å². The first-order valence-electron chi connectivity index (χ1n) is 44.2. The summed E-state index contributed by atoms with van der Waals surface area (Å²) in [5.41, 5.74) is 11.3. The van der Waals surface area contributed by atoms with E-state index in [9.17, 15) is 36.7 Å². The second-order valence-corrected chi connectivity index (χ2v) is 34.1. The molecule has 0 spiro atoms. The summed E-state index contributed by atoms with van der Waals surface area (Å²) in [6.07, 6.45) is 21.2. The molecule has 21 rings (SSSR count). The van der Waals surface area contributed by atoms with Gasteiger partial charge in [-0.1, -0.05) is 39.8 Å². The van der Waals surface area contributed by atoms with Crippen LogP contribution in [0.15, 0.2) is 121 Å². The highest BCUT2D eigenvalue weighted by molar-refractivity contribution is 5.92. The predicted octanol–water partition coefficient (Wildman–Crippen LogP) is 6.98. The summed E-state index contributed by atoms with van der Waals surface area (Å²) in [7, 11) is 2.12. The van der Waals surface area contributed by atoms with Crippen LogP contribution in [-0.2, 0) is 23.9 Å². The molecule has 680 valence electrons. The zero-order valence-corrected chi connectivity index (χ0v) is 71.9. The lowest BCUT2D eigenvalue weighted by Gasteiger charge is -2.35. The second kappa shape index (κ2) is 38.9. The largest absolute Gasteiger partial charge is 0.380 e. The Morgan fingerprint density at radius 2 is 0.798 bits per heavy atom. The van der Waals surface area contributed by atoms with Gasteiger partial charge in [0.15, 0.2) is 22.6 Å². The molecule has 12 aliphatic heterocycles. The first-order chi connectivity index (χ1) is 62.2. The smallest absolute Gasteiger partial charge is 0.231 e. The van der Waals surface area contributed by atoms with Gasteiger partial charge in [-0.15, -0.1) is 0 Å². The molecule has 9 aromatic rings. The summed E-state index contributed by atoms with van der Waals surface area (Å²) < 4.78 is 68.1. The number of anilines is 9. The highest BCUT2D eigenvalue weighted by atomic mass is 19.1. The van der Waals surface area contributed by atoms with Gasteiger partial charge >= 0.3 is 0 Å². The van der Waals surface area contributed by atoms with E-state index in [0.29, 0.717) is 184 Å². The van der Waals surface area contributed by atoms with Crippen molar-refractivity contribution >= 4 is 124 Å². The van der Waals surface area contributed by atoms with Gasteiger partial charge in [0.05, 0.1) is 83.3 Å². The van der Waals surface area contributed by atoms with Crippen molar-refractivity contribution in [2.45, 2.75) is 116 Å². The molecule has 129 heavy (non-hydrogen) atoms. The summed E-state index contributed by atoms with van der Waals surface area (Å²) in [5, 5.41) is 32.3. The number of carbonyl (C=O) groups is 4. The molecule has 4 atom stereocenters. The van der Waals surface area contributed by atoms with Gasteiger partial charge in [0, 0.05) is 149 Å². The van der Waals surface area contributed by atoms with Gasteiger partial charge in [-0.25, -0.2) is 22.5 Å². The molecule has 12 aliphatic rings. The Morgan fingerprint density at radius 1 is 0.419 bits per heavy atom. The Bertz CT molecular complexity index is 5860. The maximum absolute atomic E-state index is 14.1. The zero-order valence-electron chi connectivity index (χ0n) is 71.9. The molecule has 0 radical (unpaired) electrons. The van der Waals surface area contributed by atoms with Crippen LogP contribution in [0.25, 0.3) is 46.9 Å². The van der Waals surface area contributed by atoms with Crippen molar-refractivity contribution in [3.05, 3.63) is 143 Å². The number of halogens is 4. The summed E-state index contributed by atoms with van der Waals surface area (Å²) >= 11 is 0. The summed E-state index contributed by atoms with van der Waals surface area (Å²) in [6, 6.07) is 5.92. The Labute approximate surface area is 743 Å². The molecule has 0 unspecified atom stereocenters. The number of piperazine rings is 1. The Kier molecular flexibility index (Phi) is 26.5. The normalized spacial score (nSPS) is 23.2. The number of hydrogen-bond donors (Lipinski definition) is 5. The second-order valence-electron chi connectivity index (χ2n) is 34.1. The number of ether oxygens (including phenoxy) is 1. The highest BCUT2D eigenvalue weighted by Gasteiger charge is 2.35. The third-order valence-corrected chi connectivity index (χ3v) is 24.7. The van der Waals surface area contributed by atoms with E-state index < -0.39 is 24.7 Å². The van der Waals surface area contributed by atoms with Crippen LogP contribution in [0.1, 0.15) is 113 Å². The van der Waals surface area contributed by atoms with E-state index in [1.807, 2.05) is 62.1 Å². The van der Waals surface area contributed by atoms with Crippen molar-refractivity contribution < 1.29 is 41.5 Å². The number of alkyl halides is 4. The minimum atomic E-state index is -0.888. The average molecular weight is 1770 g/mol. The molecule has 0 aromatic carbocycles. The lowest BCUT2D eigenvalue weighted by molar-refractivity contribution is -0.119. The SMILES string of the molecule is C.C=C1NC(=O)C/C1=C\c1cnn2c(N3CC[C@@H](F)C3)nc(N3CCCN(C)CC3)nc12.C=C1NC(=O)C/C1=C\c1cnn2c(N3CC[C@@H](F)C3)nc(N3CCCOCC3)nc12.C=C1NC(=O)C/C1=C\c1cnn2c(N3CC[C@@H](F)C3)nc(N3CCN(c4ccccn4)CC3)nc12.C=C1NC(=O)C/C1=C\c1cnn2c(N3CC[C@@H](F)C3)nc(NCCCN3CCCC3)nc12. The number of rotatable bonds is 17.